The molecule has 0 saturated carbocycles. The van der Waals surface area contributed by atoms with E-state index < -0.39 is 16.1 Å². The van der Waals surface area contributed by atoms with Crippen LogP contribution in [0.1, 0.15) is 31.7 Å². The minimum atomic E-state index is -3.79. The van der Waals surface area contributed by atoms with Crippen molar-refractivity contribution < 1.29 is 13.2 Å². The summed E-state index contributed by atoms with van der Waals surface area (Å²) in [6.45, 7) is 8.88. The lowest BCUT2D eigenvalue weighted by molar-refractivity contribution is -0.122. The number of carbonyl (C=O) groups excluding carboxylic acids is 1. The highest BCUT2D eigenvalue weighted by Gasteiger charge is 2.27. The van der Waals surface area contributed by atoms with E-state index in [9.17, 15) is 13.2 Å². The van der Waals surface area contributed by atoms with Crippen molar-refractivity contribution in [2.75, 3.05) is 19.6 Å². The first-order valence-electron chi connectivity index (χ1n) is 7.71. The third-order valence-electron chi connectivity index (χ3n) is 3.46. The van der Waals surface area contributed by atoms with Gasteiger partial charge in [-0.1, -0.05) is 6.92 Å². The zero-order chi connectivity index (χ0) is 17.6. The van der Waals surface area contributed by atoms with Crippen LogP contribution in [0.4, 0.5) is 0 Å². The van der Waals surface area contributed by atoms with Gasteiger partial charge in [-0.2, -0.15) is 9.82 Å². The maximum absolute atomic E-state index is 12.5. The summed E-state index contributed by atoms with van der Waals surface area (Å²) in [5, 5.41) is 9.95. The molecule has 0 aliphatic heterocycles. The molecule has 1 rings (SSSR count). The van der Waals surface area contributed by atoms with Gasteiger partial charge in [-0.05, 0) is 33.7 Å². The zero-order valence-electron chi connectivity index (χ0n) is 14.4. The van der Waals surface area contributed by atoms with Crippen LogP contribution in [0.3, 0.4) is 0 Å². The van der Waals surface area contributed by atoms with E-state index in [-0.39, 0.29) is 10.8 Å². The molecule has 132 valence electrons. The minimum absolute atomic E-state index is 0.129. The van der Waals surface area contributed by atoms with Gasteiger partial charge in [0, 0.05) is 20.1 Å². The maximum atomic E-state index is 12.5. The molecule has 0 saturated heterocycles. The summed E-state index contributed by atoms with van der Waals surface area (Å²) < 4.78 is 28.8. The molecule has 0 bridgehead atoms. The molecule has 1 amide bonds. The Labute approximate surface area is 138 Å². The highest BCUT2D eigenvalue weighted by atomic mass is 32.2. The number of hydrogen-bond donors (Lipinski definition) is 3. The molecule has 1 aromatic rings. The topological polar surface area (TPSA) is 105 Å². The second kappa shape index (κ2) is 8.42. The Morgan fingerprint density at radius 3 is 2.43 bits per heavy atom. The van der Waals surface area contributed by atoms with Gasteiger partial charge in [0.1, 0.15) is 4.90 Å². The fourth-order valence-electron chi connectivity index (χ4n) is 2.22. The molecule has 0 radical (unpaired) electrons. The van der Waals surface area contributed by atoms with E-state index in [1.54, 1.807) is 20.9 Å². The van der Waals surface area contributed by atoms with Crippen molar-refractivity contribution in [1.29, 1.82) is 0 Å². The van der Waals surface area contributed by atoms with Crippen LogP contribution in [0.25, 0.3) is 0 Å². The quantitative estimate of drug-likeness (QED) is 0.539. The number of sulfonamides is 1. The average molecular weight is 345 g/mol. The van der Waals surface area contributed by atoms with Gasteiger partial charge in [0.25, 0.3) is 0 Å². The van der Waals surface area contributed by atoms with Crippen molar-refractivity contribution in [2.24, 2.45) is 7.05 Å². The molecule has 1 unspecified atom stereocenters. The SMILES string of the molecule is CCCNCCNC(=O)C(C)NS(=O)(=O)c1c(C)nn(C)c1C. The fourth-order valence-corrected chi connectivity index (χ4v) is 3.86. The number of nitrogens with zero attached hydrogens (tertiary/aromatic N) is 2. The van der Waals surface area contributed by atoms with E-state index in [1.807, 2.05) is 0 Å². The zero-order valence-corrected chi connectivity index (χ0v) is 15.2. The Kier molecular flexibility index (Phi) is 7.17. The van der Waals surface area contributed by atoms with Gasteiger partial charge in [0.2, 0.25) is 15.9 Å². The number of aryl methyl sites for hydroxylation is 2. The smallest absolute Gasteiger partial charge is 0.244 e. The van der Waals surface area contributed by atoms with Gasteiger partial charge in [-0.3, -0.25) is 9.48 Å². The number of carbonyl (C=O) groups is 1. The summed E-state index contributed by atoms with van der Waals surface area (Å²) in [7, 11) is -2.11. The number of nitrogens with one attached hydrogen (secondary N) is 3. The van der Waals surface area contributed by atoms with Gasteiger partial charge in [-0.15, -0.1) is 0 Å². The lowest BCUT2D eigenvalue weighted by Gasteiger charge is -2.15. The Balaban J connectivity index is 2.64. The van der Waals surface area contributed by atoms with E-state index in [0.717, 1.165) is 13.0 Å². The third kappa shape index (κ3) is 5.29. The van der Waals surface area contributed by atoms with E-state index in [0.29, 0.717) is 24.5 Å². The highest BCUT2D eigenvalue weighted by Crippen LogP contribution is 2.18. The second-order valence-electron chi connectivity index (χ2n) is 5.51. The molecule has 9 heteroatoms. The first-order chi connectivity index (χ1) is 10.7. The van der Waals surface area contributed by atoms with Crippen LogP contribution in [0.2, 0.25) is 0 Å². The molecule has 0 fully saturated rings. The van der Waals surface area contributed by atoms with Crippen LogP contribution in [0, 0.1) is 13.8 Å². The Morgan fingerprint density at radius 2 is 1.91 bits per heavy atom. The van der Waals surface area contributed by atoms with Crippen LogP contribution < -0.4 is 15.4 Å². The van der Waals surface area contributed by atoms with Crippen molar-refractivity contribution in [3.05, 3.63) is 11.4 Å². The molecule has 0 aliphatic rings. The lowest BCUT2D eigenvalue weighted by Crippen LogP contribution is -2.46. The lowest BCUT2D eigenvalue weighted by atomic mass is 10.3. The standard InChI is InChI=1S/C14H27N5O3S/c1-6-7-15-8-9-16-14(20)11(3)18-23(21,22)13-10(2)17-19(5)12(13)4/h11,15,18H,6-9H2,1-5H3,(H,16,20). The summed E-state index contributed by atoms with van der Waals surface area (Å²) >= 11 is 0. The molecule has 8 nitrogen and oxygen atoms in total. The number of aromatic nitrogens is 2. The van der Waals surface area contributed by atoms with E-state index in [4.69, 9.17) is 0 Å². The number of rotatable bonds is 9. The fraction of sp³-hybridized carbons (Fsp3) is 0.714. The Morgan fingerprint density at radius 1 is 1.26 bits per heavy atom. The first-order valence-corrected chi connectivity index (χ1v) is 9.20. The maximum Gasteiger partial charge on any atom is 0.244 e. The number of hydrogen-bond acceptors (Lipinski definition) is 5. The summed E-state index contributed by atoms with van der Waals surface area (Å²) in [5.41, 5.74) is 0.945. The van der Waals surface area contributed by atoms with E-state index in [1.165, 1.54) is 11.6 Å². The Hall–Kier alpha value is -1.45. The Bertz CT molecular complexity index is 639. The predicted octanol–water partition coefficient (Wildman–Crippen LogP) is -0.180. The van der Waals surface area contributed by atoms with Gasteiger partial charge in [0.15, 0.2) is 0 Å². The molecule has 1 atom stereocenters. The van der Waals surface area contributed by atoms with Crippen molar-refractivity contribution in [3.8, 4) is 0 Å². The normalized spacial score (nSPS) is 13.1. The molecule has 23 heavy (non-hydrogen) atoms. The number of amides is 1. The van der Waals surface area contributed by atoms with Crippen molar-refractivity contribution in [1.82, 2.24) is 25.1 Å². The van der Waals surface area contributed by atoms with Crippen LogP contribution >= 0.6 is 0 Å². The third-order valence-corrected chi connectivity index (χ3v) is 5.26. The van der Waals surface area contributed by atoms with Crippen molar-refractivity contribution in [3.63, 3.8) is 0 Å². The first kappa shape index (κ1) is 19.6. The average Bonchev–Trinajstić information content (AvgIpc) is 2.71. The molecule has 0 spiro atoms. The van der Waals surface area contributed by atoms with Crippen LogP contribution in [0.15, 0.2) is 4.90 Å². The molecular formula is C14H27N5O3S. The van der Waals surface area contributed by atoms with Gasteiger partial charge >= 0.3 is 0 Å². The van der Waals surface area contributed by atoms with Gasteiger partial charge in [-0.25, -0.2) is 8.42 Å². The molecule has 0 aromatic carbocycles. The summed E-state index contributed by atoms with van der Waals surface area (Å²) in [4.78, 5) is 12.1. The van der Waals surface area contributed by atoms with Crippen LogP contribution in [-0.2, 0) is 21.9 Å². The van der Waals surface area contributed by atoms with E-state index >= 15 is 0 Å². The van der Waals surface area contributed by atoms with Crippen LogP contribution in [0.5, 0.6) is 0 Å². The monoisotopic (exact) mass is 345 g/mol. The van der Waals surface area contributed by atoms with E-state index in [2.05, 4.69) is 27.4 Å². The molecule has 3 N–H and O–H groups in total. The van der Waals surface area contributed by atoms with Crippen molar-refractivity contribution >= 4 is 15.9 Å². The van der Waals surface area contributed by atoms with Crippen LogP contribution in [-0.4, -0.2) is 49.8 Å². The molecule has 1 heterocycles. The summed E-state index contributed by atoms with van der Waals surface area (Å²) in [6.07, 6.45) is 1.02. The summed E-state index contributed by atoms with van der Waals surface area (Å²) in [6, 6.07) is -0.856. The van der Waals surface area contributed by atoms with Gasteiger partial charge in [0.05, 0.1) is 17.4 Å². The van der Waals surface area contributed by atoms with Gasteiger partial charge < -0.3 is 10.6 Å². The largest absolute Gasteiger partial charge is 0.353 e. The predicted molar refractivity (Wildman–Crippen MR) is 88.6 cm³/mol. The second-order valence-corrected chi connectivity index (χ2v) is 7.16. The van der Waals surface area contributed by atoms with Crippen molar-refractivity contribution in [2.45, 2.75) is 45.1 Å². The molecule has 0 aliphatic carbocycles. The molecule has 1 aromatic heterocycles. The highest BCUT2D eigenvalue weighted by molar-refractivity contribution is 7.89. The minimum Gasteiger partial charge on any atom is -0.353 e. The summed E-state index contributed by atoms with van der Waals surface area (Å²) in [5.74, 6) is -0.355. The molecular weight excluding hydrogens is 318 g/mol.